The van der Waals surface area contributed by atoms with E-state index in [9.17, 15) is 13.2 Å². The van der Waals surface area contributed by atoms with Crippen LogP contribution in [0.15, 0.2) is 53.7 Å². The summed E-state index contributed by atoms with van der Waals surface area (Å²) in [6.45, 7) is 1.68. The highest BCUT2D eigenvalue weighted by atomic mass is 32.2. The maximum Gasteiger partial charge on any atom is 0.269 e. The van der Waals surface area contributed by atoms with E-state index in [2.05, 4.69) is 4.98 Å². The van der Waals surface area contributed by atoms with Crippen LogP contribution in [0.25, 0.3) is 0 Å². The van der Waals surface area contributed by atoms with E-state index >= 15 is 0 Å². The summed E-state index contributed by atoms with van der Waals surface area (Å²) < 4.78 is 25.9. The van der Waals surface area contributed by atoms with Gasteiger partial charge in [0.15, 0.2) is 0 Å². The van der Waals surface area contributed by atoms with Gasteiger partial charge in [-0.25, -0.2) is 12.7 Å². The quantitative estimate of drug-likeness (QED) is 0.847. The van der Waals surface area contributed by atoms with Gasteiger partial charge in [-0.2, -0.15) is 0 Å². The van der Waals surface area contributed by atoms with Gasteiger partial charge in [-0.1, -0.05) is 18.2 Å². The van der Waals surface area contributed by atoms with Crippen LogP contribution in [-0.2, 0) is 10.0 Å². The van der Waals surface area contributed by atoms with Gasteiger partial charge in [0.25, 0.3) is 15.9 Å². The summed E-state index contributed by atoms with van der Waals surface area (Å²) in [6.07, 6.45) is 3.17. The minimum absolute atomic E-state index is 0.0701. The van der Waals surface area contributed by atoms with Gasteiger partial charge in [0.05, 0.1) is 11.6 Å². The van der Waals surface area contributed by atoms with Crippen molar-refractivity contribution >= 4 is 15.9 Å². The number of sulfonamides is 1. The number of nitrogens with zero attached hydrogens (tertiary/aromatic N) is 2. The first-order chi connectivity index (χ1) is 9.53. The summed E-state index contributed by atoms with van der Waals surface area (Å²) in [7, 11) is -3.79. The Balaban J connectivity index is 2.11. The molecule has 0 radical (unpaired) electrons. The number of carbonyl (C=O) groups excluding carboxylic acids is 1. The number of hydrogen-bond donors (Lipinski definition) is 0. The first kappa shape index (κ1) is 12.8. The van der Waals surface area contributed by atoms with E-state index in [-0.39, 0.29) is 10.5 Å². The number of amides is 1. The lowest BCUT2D eigenvalue weighted by Crippen LogP contribution is -2.32. The Kier molecular flexibility index (Phi) is 2.83. The van der Waals surface area contributed by atoms with Crippen molar-refractivity contribution in [1.29, 1.82) is 0 Å². The second kappa shape index (κ2) is 4.42. The van der Waals surface area contributed by atoms with Crippen molar-refractivity contribution in [3.63, 3.8) is 0 Å². The number of fused-ring (bicyclic) bond motifs is 1. The molecule has 20 heavy (non-hydrogen) atoms. The summed E-state index contributed by atoms with van der Waals surface area (Å²) >= 11 is 0. The lowest BCUT2D eigenvalue weighted by molar-refractivity contribution is 0.0839. The van der Waals surface area contributed by atoms with Crippen molar-refractivity contribution in [2.45, 2.75) is 17.9 Å². The van der Waals surface area contributed by atoms with Gasteiger partial charge in [0.2, 0.25) is 0 Å². The van der Waals surface area contributed by atoms with Gasteiger partial charge in [-0.3, -0.25) is 9.78 Å². The largest absolute Gasteiger partial charge is 0.269 e. The molecule has 102 valence electrons. The van der Waals surface area contributed by atoms with Crippen LogP contribution in [0.3, 0.4) is 0 Å². The van der Waals surface area contributed by atoms with Gasteiger partial charge in [0, 0.05) is 12.4 Å². The van der Waals surface area contributed by atoms with E-state index in [1.165, 1.54) is 12.1 Å². The number of carbonyl (C=O) groups is 1. The van der Waals surface area contributed by atoms with Crippen molar-refractivity contribution in [2.24, 2.45) is 0 Å². The van der Waals surface area contributed by atoms with Crippen molar-refractivity contribution in [2.75, 3.05) is 0 Å². The molecule has 1 aromatic heterocycles. The Labute approximate surface area is 116 Å². The van der Waals surface area contributed by atoms with Crippen LogP contribution in [0.2, 0.25) is 0 Å². The molecule has 6 heteroatoms. The smallest absolute Gasteiger partial charge is 0.268 e. The fraction of sp³-hybridized carbons (Fsp3) is 0.143. The van der Waals surface area contributed by atoms with Crippen molar-refractivity contribution < 1.29 is 13.2 Å². The lowest BCUT2D eigenvalue weighted by atomic mass is 10.1. The topological polar surface area (TPSA) is 67.3 Å². The van der Waals surface area contributed by atoms with E-state index in [1.807, 2.05) is 0 Å². The van der Waals surface area contributed by atoms with Crippen molar-refractivity contribution in [3.8, 4) is 0 Å². The van der Waals surface area contributed by atoms with Gasteiger partial charge in [-0.15, -0.1) is 0 Å². The van der Waals surface area contributed by atoms with Crippen LogP contribution >= 0.6 is 0 Å². The minimum atomic E-state index is -3.79. The number of aromatic nitrogens is 1. The summed E-state index contributed by atoms with van der Waals surface area (Å²) in [5.41, 5.74) is 0.903. The van der Waals surface area contributed by atoms with Gasteiger partial charge >= 0.3 is 0 Å². The molecule has 1 aliphatic heterocycles. The van der Waals surface area contributed by atoms with Gasteiger partial charge < -0.3 is 0 Å². The second-order valence-corrected chi connectivity index (χ2v) is 6.35. The SMILES string of the molecule is C[C@@H](c1cccnc1)N1C(=O)c2ccccc2S1(=O)=O. The zero-order chi connectivity index (χ0) is 14.3. The number of rotatable bonds is 2. The number of hydrogen-bond acceptors (Lipinski definition) is 4. The van der Waals surface area contributed by atoms with E-state index in [1.54, 1.807) is 43.6 Å². The molecule has 0 saturated carbocycles. The number of pyridine rings is 1. The van der Waals surface area contributed by atoms with Gasteiger partial charge in [0.1, 0.15) is 4.90 Å². The molecule has 0 saturated heterocycles. The van der Waals surface area contributed by atoms with Crippen LogP contribution in [0, 0.1) is 0 Å². The van der Waals surface area contributed by atoms with E-state index < -0.39 is 22.0 Å². The molecule has 1 amide bonds. The predicted octanol–water partition coefficient (Wildman–Crippen LogP) is 1.99. The van der Waals surface area contributed by atoms with E-state index in [4.69, 9.17) is 0 Å². The molecular weight excluding hydrogens is 276 g/mol. The van der Waals surface area contributed by atoms with Crippen LogP contribution in [0.1, 0.15) is 28.9 Å². The highest BCUT2D eigenvalue weighted by Crippen LogP contribution is 2.36. The zero-order valence-corrected chi connectivity index (χ0v) is 11.5. The maximum atomic E-state index is 12.5. The Hall–Kier alpha value is -2.21. The molecule has 5 nitrogen and oxygen atoms in total. The average Bonchev–Trinajstić information content (AvgIpc) is 2.67. The molecule has 3 rings (SSSR count). The Morgan fingerprint density at radius 2 is 1.90 bits per heavy atom. The molecule has 1 aromatic carbocycles. The summed E-state index contributed by atoms with van der Waals surface area (Å²) in [5.74, 6) is -0.489. The fourth-order valence-corrected chi connectivity index (χ4v) is 4.10. The Morgan fingerprint density at radius 1 is 1.15 bits per heavy atom. The Bertz CT molecular complexity index is 772. The molecule has 2 aromatic rings. The van der Waals surface area contributed by atoms with E-state index in [0.29, 0.717) is 5.56 Å². The number of benzene rings is 1. The van der Waals surface area contributed by atoms with Crippen molar-refractivity contribution in [3.05, 3.63) is 59.9 Å². The average molecular weight is 288 g/mol. The predicted molar refractivity (Wildman–Crippen MR) is 72.4 cm³/mol. The third-order valence-corrected chi connectivity index (χ3v) is 5.28. The summed E-state index contributed by atoms with van der Waals surface area (Å²) in [6, 6.07) is 9.14. The molecule has 0 bridgehead atoms. The monoisotopic (exact) mass is 288 g/mol. The van der Waals surface area contributed by atoms with Crippen LogP contribution in [0.4, 0.5) is 0 Å². The van der Waals surface area contributed by atoms with Crippen LogP contribution in [0.5, 0.6) is 0 Å². The summed E-state index contributed by atoms with van der Waals surface area (Å²) in [4.78, 5) is 16.4. The molecule has 0 spiro atoms. The van der Waals surface area contributed by atoms with Crippen molar-refractivity contribution in [1.82, 2.24) is 9.29 Å². The molecule has 1 aliphatic rings. The molecule has 0 unspecified atom stereocenters. The highest BCUT2D eigenvalue weighted by molar-refractivity contribution is 7.90. The lowest BCUT2D eigenvalue weighted by Gasteiger charge is -2.23. The first-order valence-electron chi connectivity index (χ1n) is 6.11. The molecule has 0 N–H and O–H groups in total. The standard InChI is InChI=1S/C14H12N2O3S/c1-10(11-5-4-8-15-9-11)16-14(17)12-6-2-3-7-13(12)20(16,18)19/h2-10H,1H3/t10-/m0/s1. The third kappa shape index (κ3) is 1.72. The third-order valence-electron chi connectivity index (χ3n) is 3.37. The van der Waals surface area contributed by atoms with E-state index in [0.717, 1.165) is 4.31 Å². The minimum Gasteiger partial charge on any atom is -0.268 e. The first-order valence-corrected chi connectivity index (χ1v) is 7.55. The molecule has 1 atom stereocenters. The van der Waals surface area contributed by atoms with Crippen LogP contribution < -0.4 is 0 Å². The Morgan fingerprint density at radius 3 is 2.55 bits per heavy atom. The molecule has 2 heterocycles. The normalized spacial score (nSPS) is 17.9. The molecular formula is C14H12N2O3S. The molecule has 0 aliphatic carbocycles. The van der Waals surface area contributed by atoms with Gasteiger partial charge in [-0.05, 0) is 30.7 Å². The van der Waals surface area contributed by atoms with Crippen LogP contribution in [-0.4, -0.2) is 23.6 Å². The summed E-state index contributed by atoms with van der Waals surface area (Å²) in [5, 5.41) is 0. The highest BCUT2D eigenvalue weighted by Gasteiger charge is 2.43. The molecule has 0 fully saturated rings. The fourth-order valence-electron chi connectivity index (χ4n) is 2.34. The zero-order valence-electron chi connectivity index (χ0n) is 10.7. The second-order valence-electron chi connectivity index (χ2n) is 4.56. The maximum absolute atomic E-state index is 12.5.